The van der Waals surface area contributed by atoms with E-state index in [0.29, 0.717) is 28.8 Å². The number of aryl methyl sites for hydroxylation is 1. The summed E-state index contributed by atoms with van der Waals surface area (Å²) < 4.78 is 9.93. The maximum absolute atomic E-state index is 11.4. The highest BCUT2D eigenvalue weighted by Gasteiger charge is 2.15. The van der Waals surface area contributed by atoms with Crippen molar-refractivity contribution >= 4 is 23.6 Å². The molecular formula is C12H14N2O4S. The summed E-state index contributed by atoms with van der Waals surface area (Å²) in [5.41, 5.74) is 0.977. The third-order valence-electron chi connectivity index (χ3n) is 1.94. The Kier molecular flexibility index (Phi) is 5.87. The molecule has 6 nitrogen and oxygen atoms in total. The van der Waals surface area contributed by atoms with E-state index in [1.165, 1.54) is 24.7 Å². The van der Waals surface area contributed by atoms with Gasteiger partial charge < -0.3 is 13.9 Å². The minimum atomic E-state index is -0.411. The maximum atomic E-state index is 11.4. The fourth-order valence-electron chi connectivity index (χ4n) is 1.19. The molecule has 0 amide bonds. The lowest BCUT2D eigenvalue weighted by molar-refractivity contribution is -0.106. The first-order chi connectivity index (χ1) is 9.13. The van der Waals surface area contributed by atoms with Crippen LogP contribution in [0.3, 0.4) is 0 Å². The molecule has 19 heavy (non-hydrogen) atoms. The SMILES string of the molecule is CC=O.CCOC(=O)c1csc(-c2ncoc2C)n1. The first kappa shape index (κ1) is 15.0. The number of hydrogen-bond acceptors (Lipinski definition) is 7. The van der Waals surface area contributed by atoms with E-state index < -0.39 is 5.97 Å². The lowest BCUT2D eigenvalue weighted by atomic mass is 10.4. The molecule has 0 aliphatic rings. The van der Waals surface area contributed by atoms with E-state index in [4.69, 9.17) is 13.9 Å². The zero-order valence-electron chi connectivity index (χ0n) is 10.9. The minimum absolute atomic E-state index is 0.309. The summed E-state index contributed by atoms with van der Waals surface area (Å²) in [5.74, 6) is 0.274. The van der Waals surface area contributed by atoms with E-state index in [-0.39, 0.29) is 0 Å². The van der Waals surface area contributed by atoms with Gasteiger partial charge in [0.25, 0.3) is 0 Å². The minimum Gasteiger partial charge on any atom is -0.461 e. The third-order valence-corrected chi connectivity index (χ3v) is 2.79. The highest BCUT2D eigenvalue weighted by atomic mass is 32.1. The number of oxazole rings is 1. The van der Waals surface area contributed by atoms with Crippen LogP contribution in [0, 0.1) is 6.92 Å². The number of esters is 1. The Morgan fingerprint density at radius 3 is 2.79 bits per heavy atom. The van der Waals surface area contributed by atoms with Gasteiger partial charge in [0, 0.05) is 5.38 Å². The second-order valence-corrected chi connectivity index (χ2v) is 4.11. The Bertz CT molecular complexity index is 547. The second-order valence-electron chi connectivity index (χ2n) is 3.25. The van der Waals surface area contributed by atoms with Gasteiger partial charge in [-0.3, -0.25) is 0 Å². The van der Waals surface area contributed by atoms with Gasteiger partial charge in [0.15, 0.2) is 12.1 Å². The summed E-state index contributed by atoms with van der Waals surface area (Å²) in [6.07, 6.45) is 2.11. The number of aromatic nitrogens is 2. The van der Waals surface area contributed by atoms with Crippen molar-refractivity contribution in [3.05, 3.63) is 23.2 Å². The molecule has 7 heteroatoms. The molecule has 2 aromatic heterocycles. The monoisotopic (exact) mass is 282 g/mol. The van der Waals surface area contributed by atoms with E-state index in [9.17, 15) is 4.79 Å². The number of carbonyl (C=O) groups excluding carboxylic acids is 2. The first-order valence-corrected chi connectivity index (χ1v) is 6.44. The summed E-state index contributed by atoms with van der Waals surface area (Å²) in [7, 11) is 0. The van der Waals surface area contributed by atoms with Crippen LogP contribution in [0.1, 0.15) is 30.1 Å². The smallest absolute Gasteiger partial charge is 0.357 e. The Morgan fingerprint density at radius 2 is 2.26 bits per heavy atom. The van der Waals surface area contributed by atoms with Crippen LogP contribution >= 0.6 is 11.3 Å². The van der Waals surface area contributed by atoms with Crippen molar-refractivity contribution in [3.8, 4) is 10.7 Å². The standard InChI is InChI=1S/C10H10N2O3S.C2H4O/c1-3-14-10(13)7-4-16-9(12-7)8-6(2)15-5-11-8;1-2-3/h4-5H,3H2,1-2H3;2H,1H3. The van der Waals surface area contributed by atoms with Crippen LogP contribution in [-0.2, 0) is 9.53 Å². The number of nitrogens with zero attached hydrogens (tertiary/aromatic N) is 2. The molecule has 0 N–H and O–H groups in total. The molecule has 2 aromatic rings. The van der Waals surface area contributed by atoms with Gasteiger partial charge >= 0.3 is 5.97 Å². The molecule has 0 spiro atoms. The zero-order chi connectivity index (χ0) is 14.3. The number of rotatable bonds is 3. The van der Waals surface area contributed by atoms with Crippen LogP contribution in [0.4, 0.5) is 0 Å². The van der Waals surface area contributed by atoms with Gasteiger partial charge in [-0.15, -0.1) is 11.3 Å². The molecular weight excluding hydrogens is 268 g/mol. The number of carbonyl (C=O) groups is 2. The summed E-state index contributed by atoms with van der Waals surface area (Å²) in [5, 5.41) is 2.32. The molecule has 2 rings (SSSR count). The molecule has 0 aliphatic carbocycles. The zero-order valence-corrected chi connectivity index (χ0v) is 11.7. The lowest BCUT2D eigenvalue weighted by Gasteiger charge is -1.95. The van der Waals surface area contributed by atoms with Crippen LogP contribution in [0.2, 0.25) is 0 Å². The molecule has 0 fully saturated rings. The summed E-state index contributed by atoms with van der Waals surface area (Å²) in [6.45, 7) is 5.34. The summed E-state index contributed by atoms with van der Waals surface area (Å²) in [4.78, 5) is 28.4. The Hall–Kier alpha value is -2.02. The predicted molar refractivity (Wildman–Crippen MR) is 70.0 cm³/mol. The molecule has 0 aromatic carbocycles. The van der Waals surface area contributed by atoms with Crippen LogP contribution < -0.4 is 0 Å². The van der Waals surface area contributed by atoms with Gasteiger partial charge in [-0.1, -0.05) is 0 Å². The molecule has 0 atom stereocenters. The molecule has 102 valence electrons. The molecule has 0 bridgehead atoms. The van der Waals surface area contributed by atoms with Crippen molar-refractivity contribution in [1.82, 2.24) is 9.97 Å². The van der Waals surface area contributed by atoms with Crippen molar-refractivity contribution in [2.75, 3.05) is 6.61 Å². The van der Waals surface area contributed by atoms with Crippen molar-refractivity contribution in [2.24, 2.45) is 0 Å². The summed E-state index contributed by atoms with van der Waals surface area (Å²) >= 11 is 1.34. The topological polar surface area (TPSA) is 82.3 Å². The van der Waals surface area contributed by atoms with Gasteiger partial charge in [0.1, 0.15) is 22.7 Å². The average molecular weight is 282 g/mol. The van der Waals surface area contributed by atoms with Crippen LogP contribution in [0.15, 0.2) is 16.2 Å². The third kappa shape index (κ3) is 3.99. The Balaban J connectivity index is 0.000000550. The second kappa shape index (κ2) is 7.42. The van der Waals surface area contributed by atoms with Crippen molar-refractivity contribution in [1.29, 1.82) is 0 Å². The number of hydrogen-bond donors (Lipinski definition) is 0. The van der Waals surface area contributed by atoms with Crippen molar-refractivity contribution in [3.63, 3.8) is 0 Å². The quantitative estimate of drug-likeness (QED) is 0.635. The molecule has 2 heterocycles. The molecule has 0 unspecified atom stereocenters. The van der Waals surface area contributed by atoms with Gasteiger partial charge in [-0.05, 0) is 20.8 Å². The highest BCUT2D eigenvalue weighted by molar-refractivity contribution is 7.13. The molecule has 0 saturated heterocycles. The van der Waals surface area contributed by atoms with Crippen molar-refractivity contribution < 1.29 is 18.7 Å². The molecule has 0 aliphatic heterocycles. The largest absolute Gasteiger partial charge is 0.461 e. The van der Waals surface area contributed by atoms with E-state index in [0.717, 1.165) is 6.29 Å². The highest BCUT2D eigenvalue weighted by Crippen LogP contribution is 2.25. The van der Waals surface area contributed by atoms with Crippen molar-refractivity contribution in [2.45, 2.75) is 20.8 Å². The molecule has 0 saturated carbocycles. The van der Waals surface area contributed by atoms with E-state index in [1.54, 1.807) is 19.2 Å². The van der Waals surface area contributed by atoms with Crippen LogP contribution in [0.5, 0.6) is 0 Å². The number of aldehydes is 1. The fourth-order valence-corrected chi connectivity index (χ4v) is 2.02. The van der Waals surface area contributed by atoms with Crippen LogP contribution in [0.25, 0.3) is 10.7 Å². The van der Waals surface area contributed by atoms with Gasteiger partial charge in [-0.25, -0.2) is 14.8 Å². The fraction of sp³-hybridized carbons (Fsp3) is 0.333. The van der Waals surface area contributed by atoms with E-state index >= 15 is 0 Å². The van der Waals surface area contributed by atoms with E-state index in [2.05, 4.69) is 9.97 Å². The first-order valence-electron chi connectivity index (χ1n) is 5.56. The Labute approximate surface area is 114 Å². The normalized spacial score (nSPS) is 9.42. The van der Waals surface area contributed by atoms with Gasteiger partial charge in [0.2, 0.25) is 0 Å². The van der Waals surface area contributed by atoms with Gasteiger partial charge in [-0.2, -0.15) is 0 Å². The Morgan fingerprint density at radius 1 is 1.58 bits per heavy atom. The summed E-state index contributed by atoms with van der Waals surface area (Å²) in [6, 6.07) is 0. The van der Waals surface area contributed by atoms with E-state index in [1.807, 2.05) is 0 Å². The number of ether oxygens (including phenoxy) is 1. The average Bonchev–Trinajstić information content (AvgIpc) is 2.98. The maximum Gasteiger partial charge on any atom is 0.357 e. The predicted octanol–water partition coefficient (Wildman–Crippen LogP) is 2.49. The lowest BCUT2D eigenvalue weighted by Crippen LogP contribution is -2.04. The van der Waals surface area contributed by atoms with Gasteiger partial charge in [0.05, 0.1) is 6.61 Å². The molecule has 0 radical (unpaired) electrons. The number of thiazole rings is 1. The van der Waals surface area contributed by atoms with Crippen LogP contribution in [-0.4, -0.2) is 28.8 Å².